The summed E-state index contributed by atoms with van der Waals surface area (Å²) in [4.78, 5) is 14.2. The predicted octanol–water partition coefficient (Wildman–Crippen LogP) is 1.63. The van der Waals surface area contributed by atoms with Crippen LogP contribution in [0.25, 0.3) is 5.69 Å². The molecule has 2 aromatic rings. The van der Waals surface area contributed by atoms with Gasteiger partial charge in [0, 0.05) is 38.3 Å². The number of benzene rings is 1. The highest BCUT2D eigenvalue weighted by atomic mass is 16.2. The third-order valence-corrected chi connectivity index (χ3v) is 4.01. The number of carbonyl (C=O) groups is 1. The third-order valence-electron chi connectivity index (χ3n) is 4.01. The molecule has 1 saturated heterocycles. The van der Waals surface area contributed by atoms with E-state index in [1.54, 1.807) is 0 Å². The first-order valence-corrected chi connectivity index (χ1v) is 7.82. The van der Waals surface area contributed by atoms with Gasteiger partial charge in [-0.3, -0.25) is 4.79 Å². The zero-order valence-corrected chi connectivity index (χ0v) is 12.9. The van der Waals surface area contributed by atoms with Gasteiger partial charge in [0.05, 0.1) is 11.9 Å². The zero-order chi connectivity index (χ0) is 15.4. The van der Waals surface area contributed by atoms with E-state index in [1.807, 2.05) is 52.3 Å². The molecule has 1 aromatic carbocycles. The predicted molar refractivity (Wildman–Crippen MR) is 85.9 cm³/mol. The van der Waals surface area contributed by atoms with Crippen molar-refractivity contribution in [1.82, 2.24) is 20.0 Å². The summed E-state index contributed by atoms with van der Waals surface area (Å²) in [6.45, 7) is 4.62. The number of para-hydroxylation sites is 1. The maximum atomic E-state index is 12.3. The number of nitrogens with zero attached hydrogens (tertiary/aromatic N) is 3. The van der Waals surface area contributed by atoms with E-state index in [0.29, 0.717) is 12.5 Å². The molecule has 1 aromatic heterocycles. The number of aryl methyl sites for hydroxylation is 1. The van der Waals surface area contributed by atoms with E-state index >= 15 is 0 Å². The van der Waals surface area contributed by atoms with Gasteiger partial charge in [-0.05, 0) is 31.0 Å². The fraction of sp³-hybridized carbons (Fsp3) is 0.412. The molecular formula is C17H22N4O. The monoisotopic (exact) mass is 298 g/mol. The summed E-state index contributed by atoms with van der Waals surface area (Å²) in [6.07, 6.45) is 5.14. The molecule has 1 unspecified atom stereocenters. The molecule has 0 bridgehead atoms. The molecule has 3 rings (SSSR count). The van der Waals surface area contributed by atoms with Crippen molar-refractivity contribution < 1.29 is 4.79 Å². The Kier molecular flexibility index (Phi) is 4.53. The van der Waals surface area contributed by atoms with Crippen molar-refractivity contribution in [2.45, 2.75) is 25.8 Å². The quantitative estimate of drug-likeness (QED) is 0.933. The molecule has 0 saturated carbocycles. The lowest BCUT2D eigenvalue weighted by Crippen LogP contribution is -2.51. The molecule has 0 spiro atoms. The smallest absolute Gasteiger partial charge is 0.223 e. The van der Waals surface area contributed by atoms with Gasteiger partial charge in [-0.25, -0.2) is 4.68 Å². The molecule has 1 aliphatic rings. The summed E-state index contributed by atoms with van der Waals surface area (Å²) < 4.78 is 1.85. The Bertz CT molecular complexity index is 623. The molecule has 5 heteroatoms. The topological polar surface area (TPSA) is 50.2 Å². The van der Waals surface area contributed by atoms with Crippen LogP contribution in [0.3, 0.4) is 0 Å². The Morgan fingerprint density at radius 3 is 2.95 bits per heavy atom. The maximum absolute atomic E-state index is 12.3. The van der Waals surface area contributed by atoms with E-state index in [2.05, 4.69) is 17.3 Å². The highest BCUT2D eigenvalue weighted by Crippen LogP contribution is 2.10. The Morgan fingerprint density at radius 2 is 2.18 bits per heavy atom. The molecule has 22 heavy (non-hydrogen) atoms. The van der Waals surface area contributed by atoms with E-state index in [1.165, 1.54) is 0 Å². The van der Waals surface area contributed by atoms with E-state index in [4.69, 9.17) is 0 Å². The van der Waals surface area contributed by atoms with Gasteiger partial charge in [0.1, 0.15) is 0 Å². The van der Waals surface area contributed by atoms with Crippen molar-refractivity contribution in [2.75, 3.05) is 19.6 Å². The molecule has 116 valence electrons. The van der Waals surface area contributed by atoms with Gasteiger partial charge in [0.25, 0.3) is 0 Å². The van der Waals surface area contributed by atoms with Crippen LogP contribution in [0.4, 0.5) is 0 Å². The van der Waals surface area contributed by atoms with E-state index in [9.17, 15) is 4.79 Å². The van der Waals surface area contributed by atoms with Crippen molar-refractivity contribution >= 4 is 5.91 Å². The molecule has 1 atom stereocenters. The van der Waals surface area contributed by atoms with Crippen LogP contribution in [-0.4, -0.2) is 46.3 Å². The Labute approximate surface area is 130 Å². The van der Waals surface area contributed by atoms with E-state index in [0.717, 1.165) is 37.3 Å². The number of amides is 1. The van der Waals surface area contributed by atoms with Gasteiger partial charge in [0.2, 0.25) is 5.91 Å². The molecule has 1 N–H and O–H groups in total. The summed E-state index contributed by atoms with van der Waals surface area (Å²) in [5.41, 5.74) is 2.14. The second kappa shape index (κ2) is 6.75. The minimum atomic E-state index is 0.237. The number of hydrogen-bond donors (Lipinski definition) is 1. The summed E-state index contributed by atoms with van der Waals surface area (Å²) in [6, 6.07) is 10.4. The van der Waals surface area contributed by atoms with Crippen LogP contribution in [0.5, 0.6) is 0 Å². The summed E-state index contributed by atoms with van der Waals surface area (Å²) in [5, 5.41) is 7.73. The van der Waals surface area contributed by atoms with E-state index in [-0.39, 0.29) is 5.91 Å². The number of rotatable bonds is 4. The Balaban J connectivity index is 1.56. The number of hydrogen-bond acceptors (Lipinski definition) is 3. The molecule has 0 aliphatic carbocycles. The second-order valence-corrected chi connectivity index (χ2v) is 5.82. The lowest BCUT2D eigenvalue weighted by atomic mass is 10.1. The van der Waals surface area contributed by atoms with Crippen LogP contribution in [-0.2, 0) is 11.2 Å². The molecule has 1 amide bonds. The normalized spacial score (nSPS) is 18.4. The number of carbonyl (C=O) groups excluding carboxylic acids is 1. The van der Waals surface area contributed by atoms with Crippen molar-refractivity contribution in [1.29, 1.82) is 0 Å². The fourth-order valence-corrected chi connectivity index (χ4v) is 2.78. The second-order valence-electron chi connectivity index (χ2n) is 5.82. The highest BCUT2D eigenvalue weighted by Gasteiger charge is 2.20. The third kappa shape index (κ3) is 3.54. The molecule has 1 aliphatic heterocycles. The van der Waals surface area contributed by atoms with Crippen LogP contribution in [0.15, 0.2) is 42.7 Å². The lowest BCUT2D eigenvalue weighted by molar-refractivity contribution is -0.132. The lowest BCUT2D eigenvalue weighted by Gasteiger charge is -2.31. The minimum Gasteiger partial charge on any atom is -0.340 e. The van der Waals surface area contributed by atoms with Crippen LogP contribution in [0, 0.1) is 0 Å². The first-order valence-electron chi connectivity index (χ1n) is 7.82. The van der Waals surface area contributed by atoms with Gasteiger partial charge in [-0.15, -0.1) is 0 Å². The van der Waals surface area contributed by atoms with Crippen molar-refractivity contribution in [3.8, 4) is 5.69 Å². The van der Waals surface area contributed by atoms with Crippen molar-refractivity contribution in [3.05, 3.63) is 48.3 Å². The number of piperazine rings is 1. The largest absolute Gasteiger partial charge is 0.340 e. The molecule has 0 radical (unpaired) electrons. The van der Waals surface area contributed by atoms with E-state index < -0.39 is 0 Å². The molecule has 2 heterocycles. The van der Waals surface area contributed by atoms with Crippen LogP contribution < -0.4 is 5.32 Å². The summed E-state index contributed by atoms with van der Waals surface area (Å²) >= 11 is 0. The highest BCUT2D eigenvalue weighted by molar-refractivity contribution is 5.76. The summed E-state index contributed by atoms with van der Waals surface area (Å²) in [5.74, 6) is 0.237. The summed E-state index contributed by atoms with van der Waals surface area (Å²) in [7, 11) is 0. The SMILES string of the molecule is CC1CN(C(=O)CCc2cnn(-c3ccccc3)c2)CCN1. The number of aromatic nitrogens is 2. The first kappa shape index (κ1) is 14.8. The van der Waals surface area contributed by atoms with Gasteiger partial charge < -0.3 is 10.2 Å². The molecular weight excluding hydrogens is 276 g/mol. The standard InChI is InChI=1S/C17H22N4O/c1-14-12-20(10-9-18-14)17(22)8-7-15-11-19-21(13-15)16-5-3-2-4-6-16/h2-6,11,13-14,18H,7-10,12H2,1H3. The van der Waals surface area contributed by atoms with Gasteiger partial charge in [-0.1, -0.05) is 18.2 Å². The van der Waals surface area contributed by atoms with Crippen LogP contribution in [0.2, 0.25) is 0 Å². The van der Waals surface area contributed by atoms with Crippen LogP contribution >= 0.6 is 0 Å². The molecule has 1 fully saturated rings. The van der Waals surface area contributed by atoms with Crippen LogP contribution in [0.1, 0.15) is 18.9 Å². The van der Waals surface area contributed by atoms with Gasteiger partial charge >= 0.3 is 0 Å². The molecule has 5 nitrogen and oxygen atoms in total. The Morgan fingerprint density at radius 1 is 1.36 bits per heavy atom. The maximum Gasteiger partial charge on any atom is 0.223 e. The average molecular weight is 298 g/mol. The first-order chi connectivity index (χ1) is 10.7. The number of nitrogens with one attached hydrogen (secondary N) is 1. The fourth-order valence-electron chi connectivity index (χ4n) is 2.78. The zero-order valence-electron chi connectivity index (χ0n) is 12.9. The van der Waals surface area contributed by atoms with Crippen molar-refractivity contribution in [2.24, 2.45) is 0 Å². The average Bonchev–Trinajstić information content (AvgIpc) is 3.02. The van der Waals surface area contributed by atoms with Gasteiger partial charge in [0.15, 0.2) is 0 Å². The Hall–Kier alpha value is -2.14. The van der Waals surface area contributed by atoms with Crippen molar-refractivity contribution in [3.63, 3.8) is 0 Å². The minimum absolute atomic E-state index is 0.237. The van der Waals surface area contributed by atoms with Gasteiger partial charge in [-0.2, -0.15) is 5.10 Å².